The summed E-state index contributed by atoms with van der Waals surface area (Å²) in [5.41, 5.74) is 2.48. The quantitative estimate of drug-likeness (QED) is 0.698. The first-order chi connectivity index (χ1) is 13.2. The van der Waals surface area contributed by atoms with Crippen molar-refractivity contribution in [3.63, 3.8) is 0 Å². The second-order valence-corrected chi connectivity index (χ2v) is 7.33. The number of benzene rings is 2. The topological polar surface area (TPSA) is 49.9 Å². The maximum atomic E-state index is 12.8. The molecule has 2 rings (SSSR count). The van der Waals surface area contributed by atoms with E-state index in [0.29, 0.717) is 29.4 Å². The summed E-state index contributed by atoms with van der Waals surface area (Å²) in [7, 11) is 3.44. The summed E-state index contributed by atoms with van der Waals surface area (Å²) in [5.74, 6) is 0.476. The van der Waals surface area contributed by atoms with Crippen molar-refractivity contribution >= 4 is 23.4 Å². The van der Waals surface area contributed by atoms with Gasteiger partial charge in [-0.2, -0.15) is 0 Å². The lowest BCUT2D eigenvalue weighted by atomic mass is 10.1. The maximum Gasteiger partial charge on any atom is 0.263 e. The van der Waals surface area contributed by atoms with Crippen LogP contribution in [0.3, 0.4) is 0 Å². The molecule has 2 amide bonds. The van der Waals surface area contributed by atoms with Gasteiger partial charge in [0.1, 0.15) is 5.75 Å². The molecule has 150 valence electrons. The zero-order chi connectivity index (χ0) is 20.8. The fraction of sp³-hybridized carbons (Fsp3) is 0.364. The molecule has 0 saturated heterocycles. The number of amides is 2. The fourth-order valence-electron chi connectivity index (χ4n) is 2.78. The van der Waals surface area contributed by atoms with Crippen LogP contribution in [0.5, 0.6) is 5.75 Å². The van der Waals surface area contributed by atoms with Crippen LogP contribution in [0.1, 0.15) is 35.3 Å². The number of hydrogen-bond acceptors (Lipinski definition) is 3. The van der Waals surface area contributed by atoms with Crippen molar-refractivity contribution in [2.45, 2.75) is 33.4 Å². The molecule has 0 fully saturated rings. The number of hydrogen-bond donors (Lipinski definition) is 0. The number of rotatable bonds is 7. The molecule has 0 heterocycles. The highest BCUT2D eigenvalue weighted by atomic mass is 35.5. The molecule has 1 unspecified atom stereocenters. The molecule has 2 aromatic rings. The third kappa shape index (κ3) is 5.49. The highest BCUT2D eigenvalue weighted by molar-refractivity contribution is 6.31. The number of aryl methyl sites for hydroxylation is 1. The lowest BCUT2D eigenvalue weighted by Crippen LogP contribution is -2.40. The summed E-state index contributed by atoms with van der Waals surface area (Å²) in [5, 5.41) is 0.665. The van der Waals surface area contributed by atoms with Crippen molar-refractivity contribution in [1.29, 1.82) is 0 Å². The lowest BCUT2D eigenvalue weighted by Gasteiger charge is -2.25. The van der Waals surface area contributed by atoms with Crippen molar-refractivity contribution in [3.8, 4) is 5.75 Å². The van der Waals surface area contributed by atoms with E-state index in [4.69, 9.17) is 16.3 Å². The van der Waals surface area contributed by atoms with E-state index in [1.165, 1.54) is 4.90 Å². The second kappa shape index (κ2) is 9.60. The van der Waals surface area contributed by atoms with Crippen LogP contribution in [-0.2, 0) is 11.3 Å². The molecule has 0 spiro atoms. The molecule has 0 aliphatic carbocycles. The van der Waals surface area contributed by atoms with E-state index >= 15 is 0 Å². The second-order valence-electron chi connectivity index (χ2n) is 6.92. The van der Waals surface area contributed by atoms with Gasteiger partial charge < -0.3 is 14.5 Å². The summed E-state index contributed by atoms with van der Waals surface area (Å²) in [6.07, 6.45) is -0.616. The van der Waals surface area contributed by atoms with Crippen LogP contribution in [0.2, 0.25) is 5.02 Å². The molecule has 2 aromatic carbocycles. The third-order valence-corrected chi connectivity index (χ3v) is 4.89. The van der Waals surface area contributed by atoms with Crippen molar-refractivity contribution in [2.24, 2.45) is 0 Å². The Labute approximate surface area is 171 Å². The minimum absolute atomic E-state index is 0.0461. The molecule has 5 nitrogen and oxygen atoms in total. The van der Waals surface area contributed by atoms with E-state index in [9.17, 15) is 9.59 Å². The van der Waals surface area contributed by atoms with Crippen molar-refractivity contribution < 1.29 is 14.3 Å². The van der Waals surface area contributed by atoms with Gasteiger partial charge in [-0.05, 0) is 62.2 Å². The van der Waals surface area contributed by atoms with Crippen LogP contribution in [0, 0.1) is 6.92 Å². The third-order valence-electron chi connectivity index (χ3n) is 4.46. The Morgan fingerprint density at radius 1 is 1.11 bits per heavy atom. The maximum absolute atomic E-state index is 12.8. The number of carbonyl (C=O) groups is 2. The van der Waals surface area contributed by atoms with Crippen molar-refractivity contribution in [1.82, 2.24) is 9.80 Å². The van der Waals surface area contributed by atoms with Crippen LogP contribution >= 0.6 is 11.6 Å². The SMILES string of the molecule is CCN(Cc1ccc(C(=O)N(C)C)cc1)C(=O)C(C)Oc1ccc(Cl)c(C)c1. The number of ether oxygens (including phenoxy) is 1. The van der Waals surface area contributed by atoms with Crippen LogP contribution in [-0.4, -0.2) is 48.4 Å². The molecule has 0 bridgehead atoms. The number of carbonyl (C=O) groups excluding carboxylic acids is 2. The van der Waals surface area contributed by atoms with Crippen molar-refractivity contribution in [2.75, 3.05) is 20.6 Å². The minimum Gasteiger partial charge on any atom is -0.481 e. The molecule has 0 aliphatic heterocycles. The Morgan fingerprint density at radius 2 is 1.75 bits per heavy atom. The molecule has 0 aromatic heterocycles. The molecular formula is C22H27ClN2O3. The molecule has 28 heavy (non-hydrogen) atoms. The zero-order valence-electron chi connectivity index (χ0n) is 17.0. The highest BCUT2D eigenvalue weighted by Gasteiger charge is 2.21. The van der Waals surface area contributed by atoms with E-state index in [0.717, 1.165) is 11.1 Å². The van der Waals surface area contributed by atoms with Crippen LogP contribution in [0.4, 0.5) is 0 Å². The van der Waals surface area contributed by atoms with Gasteiger partial charge in [0, 0.05) is 37.8 Å². The number of nitrogens with zero attached hydrogens (tertiary/aromatic N) is 2. The summed E-state index contributed by atoms with van der Waals surface area (Å²) in [4.78, 5) is 28.1. The largest absolute Gasteiger partial charge is 0.481 e. The highest BCUT2D eigenvalue weighted by Crippen LogP contribution is 2.22. The zero-order valence-corrected chi connectivity index (χ0v) is 17.8. The Morgan fingerprint density at radius 3 is 2.29 bits per heavy atom. The van der Waals surface area contributed by atoms with Gasteiger partial charge in [-0.15, -0.1) is 0 Å². The first-order valence-corrected chi connectivity index (χ1v) is 9.63. The normalized spacial score (nSPS) is 11.6. The van der Waals surface area contributed by atoms with Crippen LogP contribution in [0.15, 0.2) is 42.5 Å². The molecule has 0 aliphatic rings. The first-order valence-electron chi connectivity index (χ1n) is 9.25. The first kappa shape index (κ1) is 21.8. The standard InChI is InChI=1S/C22H27ClN2O3/c1-6-25(14-17-7-9-18(10-8-17)22(27)24(4)5)21(26)16(3)28-19-11-12-20(23)15(2)13-19/h7-13,16H,6,14H2,1-5H3. The van der Waals surface area contributed by atoms with E-state index in [-0.39, 0.29) is 11.8 Å². The van der Waals surface area contributed by atoms with E-state index < -0.39 is 6.10 Å². The molecule has 0 N–H and O–H groups in total. The average molecular weight is 403 g/mol. The van der Waals surface area contributed by atoms with Gasteiger partial charge in [-0.1, -0.05) is 23.7 Å². The molecule has 0 radical (unpaired) electrons. The molecule has 0 saturated carbocycles. The minimum atomic E-state index is -0.616. The fourth-order valence-corrected chi connectivity index (χ4v) is 2.90. The van der Waals surface area contributed by atoms with Crippen LogP contribution < -0.4 is 4.74 Å². The van der Waals surface area contributed by atoms with Gasteiger partial charge in [-0.25, -0.2) is 0 Å². The van der Waals surface area contributed by atoms with E-state index in [1.54, 1.807) is 50.2 Å². The Bertz CT molecular complexity index is 834. The predicted molar refractivity (Wildman–Crippen MR) is 112 cm³/mol. The Balaban J connectivity index is 2.04. The van der Waals surface area contributed by atoms with Gasteiger partial charge >= 0.3 is 0 Å². The van der Waals surface area contributed by atoms with Gasteiger partial charge in [0.2, 0.25) is 0 Å². The van der Waals surface area contributed by atoms with Gasteiger partial charge in [0.25, 0.3) is 11.8 Å². The van der Waals surface area contributed by atoms with E-state index in [1.807, 2.05) is 32.0 Å². The summed E-state index contributed by atoms with van der Waals surface area (Å²) < 4.78 is 5.81. The molecular weight excluding hydrogens is 376 g/mol. The van der Waals surface area contributed by atoms with Gasteiger partial charge in [0.15, 0.2) is 6.10 Å². The van der Waals surface area contributed by atoms with Crippen LogP contribution in [0.25, 0.3) is 0 Å². The summed E-state index contributed by atoms with van der Waals surface area (Å²) >= 11 is 6.04. The van der Waals surface area contributed by atoms with E-state index in [2.05, 4.69) is 0 Å². The summed E-state index contributed by atoms with van der Waals surface area (Å²) in [6.45, 7) is 6.59. The molecule has 1 atom stereocenters. The summed E-state index contributed by atoms with van der Waals surface area (Å²) in [6, 6.07) is 12.7. The Hall–Kier alpha value is -2.53. The number of likely N-dealkylation sites (N-methyl/N-ethyl adjacent to an activating group) is 1. The molecule has 6 heteroatoms. The smallest absolute Gasteiger partial charge is 0.263 e. The van der Waals surface area contributed by atoms with Crippen molar-refractivity contribution in [3.05, 3.63) is 64.2 Å². The average Bonchev–Trinajstić information content (AvgIpc) is 2.68. The monoisotopic (exact) mass is 402 g/mol. The number of halogens is 1. The predicted octanol–water partition coefficient (Wildman–Crippen LogP) is 4.17. The van der Waals surface area contributed by atoms with Gasteiger partial charge in [0.05, 0.1) is 0 Å². The van der Waals surface area contributed by atoms with Gasteiger partial charge in [-0.3, -0.25) is 9.59 Å². The lowest BCUT2D eigenvalue weighted by molar-refractivity contribution is -0.138. The Kier molecular flexibility index (Phi) is 7.46.